The van der Waals surface area contributed by atoms with Gasteiger partial charge in [0.25, 0.3) is 5.56 Å². The minimum Gasteiger partial charge on any atom is -0.323 e. The van der Waals surface area contributed by atoms with E-state index < -0.39 is 0 Å². The van der Waals surface area contributed by atoms with Crippen molar-refractivity contribution in [2.24, 2.45) is 0 Å². The van der Waals surface area contributed by atoms with Crippen LogP contribution in [0.5, 0.6) is 0 Å². The van der Waals surface area contributed by atoms with Crippen molar-refractivity contribution in [1.29, 1.82) is 0 Å². The highest BCUT2D eigenvalue weighted by Crippen LogP contribution is 2.06. The van der Waals surface area contributed by atoms with Crippen molar-refractivity contribution in [2.75, 3.05) is 0 Å². The van der Waals surface area contributed by atoms with Gasteiger partial charge in [0.05, 0.1) is 5.69 Å². The van der Waals surface area contributed by atoms with Crippen LogP contribution in [0.2, 0.25) is 0 Å². The zero-order valence-corrected chi connectivity index (χ0v) is 11.3. The van der Waals surface area contributed by atoms with Crippen LogP contribution in [0.25, 0.3) is 6.08 Å². The number of hydrogen-bond donors (Lipinski definition) is 1. The Labute approximate surface area is 117 Å². The van der Waals surface area contributed by atoms with Gasteiger partial charge in [-0.15, -0.1) is 0 Å². The highest BCUT2D eigenvalue weighted by molar-refractivity contribution is 5.73. The number of aromatic amines is 1. The molecule has 1 N–H and O–H groups in total. The first kappa shape index (κ1) is 14.0. The van der Waals surface area contributed by atoms with Gasteiger partial charge < -0.3 is 4.98 Å². The van der Waals surface area contributed by atoms with Crippen LogP contribution in [0.3, 0.4) is 0 Å². The summed E-state index contributed by atoms with van der Waals surface area (Å²) in [5.41, 5.74) is 2.60. The first-order valence-corrected chi connectivity index (χ1v) is 6.61. The van der Waals surface area contributed by atoms with E-state index in [-0.39, 0.29) is 5.56 Å². The van der Waals surface area contributed by atoms with E-state index in [4.69, 9.17) is 0 Å². The molecule has 0 saturated heterocycles. The molecule has 2 rings (SSSR count). The fraction of sp³-hybridized carbons (Fsp3) is 0.250. The van der Waals surface area contributed by atoms with E-state index in [0.717, 1.165) is 12.0 Å². The lowest BCUT2D eigenvalue weighted by atomic mass is 10.1. The zero-order chi connectivity index (χ0) is 14.4. The van der Waals surface area contributed by atoms with Crippen LogP contribution in [0.4, 0.5) is 0 Å². The number of benzene rings is 1. The molecule has 0 atom stereocenters. The molecule has 0 unspecified atom stereocenters. The van der Waals surface area contributed by atoms with Crippen LogP contribution >= 0.6 is 0 Å². The molecule has 0 bridgehead atoms. The van der Waals surface area contributed by atoms with Crippen molar-refractivity contribution < 1.29 is 4.79 Å². The third kappa shape index (κ3) is 3.31. The first-order chi connectivity index (χ1) is 9.74. The number of aryl methyl sites for hydroxylation is 3. The van der Waals surface area contributed by atoms with E-state index in [9.17, 15) is 9.59 Å². The second-order valence-corrected chi connectivity index (χ2v) is 4.48. The van der Waals surface area contributed by atoms with E-state index in [1.54, 1.807) is 5.94 Å². The number of aromatic nitrogens is 2. The first-order valence-electron chi connectivity index (χ1n) is 6.61. The highest BCUT2D eigenvalue weighted by Gasteiger charge is 2.08. The Balaban J connectivity index is 2.25. The Bertz CT molecular complexity index is 683. The number of hydrogen-bond acceptors (Lipinski definition) is 3. The molecule has 102 valence electrons. The van der Waals surface area contributed by atoms with Gasteiger partial charge in [-0.25, -0.2) is 9.78 Å². The Hall–Kier alpha value is -2.45. The molecule has 0 aliphatic heterocycles. The normalized spacial score (nSPS) is 10.1. The third-order valence-corrected chi connectivity index (χ3v) is 3.13. The summed E-state index contributed by atoms with van der Waals surface area (Å²) >= 11 is 0. The number of rotatable bonds is 5. The molecule has 1 heterocycles. The van der Waals surface area contributed by atoms with Crippen LogP contribution in [-0.2, 0) is 24.1 Å². The molecule has 0 aliphatic rings. The van der Waals surface area contributed by atoms with Gasteiger partial charge in [-0.3, -0.25) is 4.79 Å². The molecule has 0 amide bonds. The molecular weight excluding hydrogens is 252 g/mol. The quantitative estimate of drug-likeness (QED) is 0.843. The van der Waals surface area contributed by atoms with E-state index in [1.165, 1.54) is 6.08 Å². The van der Waals surface area contributed by atoms with Crippen LogP contribution in [0.1, 0.15) is 29.6 Å². The molecule has 0 radical (unpaired) electrons. The van der Waals surface area contributed by atoms with E-state index >= 15 is 0 Å². The molecule has 4 heteroatoms. The highest BCUT2D eigenvalue weighted by atomic mass is 16.1. The van der Waals surface area contributed by atoms with Crippen LogP contribution in [-0.4, -0.2) is 15.9 Å². The standard InChI is InChI=1S/C16H16N2O2/c1-2-13-14(10-11-19)17-15(16(20)18-13)9-8-12-6-4-3-5-7-12/h3-7,10H,2,8-9H2,1H3,(H,18,20). The van der Waals surface area contributed by atoms with Gasteiger partial charge in [-0.1, -0.05) is 37.3 Å². The van der Waals surface area contributed by atoms with Crippen LogP contribution < -0.4 is 5.56 Å². The van der Waals surface area contributed by atoms with Crippen molar-refractivity contribution in [2.45, 2.75) is 26.2 Å². The number of carbonyl (C=O) groups excluding carboxylic acids is 1. The van der Waals surface area contributed by atoms with E-state index in [0.29, 0.717) is 29.9 Å². The topological polar surface area (TPSA) is 62.8 Å². The Morgan fingerprint density at radius 3 is 2.65 bits per heavy atom. The molecule has 2 aromatic rings. The Morgan fingerprint density at radius 1 is 1.25 bits per heavy atom. The molecule has 1 aromatic heterocycles. The molecular formula is C16H16N2O2. The van der Waals surface area contributed by atoms with Gasteiger partial charge in [-0.2, -0.15) is 0 Å². The molecule has 0 fully saturated rings. The van der Waals surface area contributed by atoms with Crippen LogP contribution in [0.15, 0.2) is 35.1 Å². The summed E-state index contributed by atoms with van der Waals surface area (Å²) in [5, 5.41) is 0. The lowest BCUT2D eigenvalue weighted by Crippen LogP contribution is -2.19. The summed E-state index contributed by atoms with van der Waals surface area (Å²) in [5.74, 6) is 1.72. The fourth-order valence-electron chi connectivity index (χ4n) is 2.06. The smallest absolute Gasteiger partial charge is 0.269 e. The molecule has 4 nitrogen and oxygen atoms in total. The summed E-state index contributed by atoms with van der Waals surface area (Å²) in [4.78, 5) is 29.5. The van der Waals surface area contributed by atoms with Crippen molar-refractivity contribution in [3.63, 3.8) is 0 Å². The monoisotopic (exact) mass is 268 g/mol. The maximum absolute atomic E-state index is 11.9. The number of H-pyrrole nitrogens is 1. The van der Waals surface area contributed by atoms with Gasteiger partial charge in [0.1, 0.15) is 11.6 Å². The van der Waals surface area contributed by atoms with Gasteiger partial charge in [0, 0.05) is 11.8 Å². The van der Waals surface area contributed by atoms with E-state index in [1.807, 2.05) is 37.3 Å². The maximum Gasteiger partial charge on any atom is 0.269 e. The average molecular weight is 268 g/mol. The van der Waals surface area contributed by atoms with Gasteiger partial charge >= 0.3 is 0 Å². The molecule has 0 spiro atoms. The summed E-state index contributed by atoms with van der Waals surface area (Å²) in [6.45, 7) is 1.90. The van der Waals surface area contributed by atoms with Gasteiger partial charge in [0.2, 0.25) is 0 Å². The Kier molecular flexibility index (Phi) is 4.64. The third-order valence-electron chi connectivity index (χ3n) is 3.13. The van der Waals surface area contributed by atoms with Crippen LogP contribution in [0, 0.1) is 0 Å². The van der Waals surface area contributed by atoms with Gasteiger partial charge in [-0.05, 0) is 24.8 Å². The summed E-state index contributed by atoms with van der Waals surface area (Å²) in [7, 11) is 0. The van der Waals surface area contributed by atoms with Crippen molar-refractivity contribution in [1.82, 2.24) is 9.97 Å². The summed E-state index contributed by atoms with van der Waals surface area (Å²) < 4.78 is 0. The fourth-order valence-corrected chi connectivity index (χ4v) is 2.06. The largest absolute Gasteiger partial charge is 0.323 e. The second-order valence-electron chi connectivity index (χ2n) is 4.48. The second kappa shape index (κ2) is 6.64. The average Bonchev–Trinajstić information content (AvgIpc) is 2.48. The van der Waals surface area contributed by atoms with Crippen molar-refractivity contribution in [3.8, 4) is 0 Å². The van der Waals surface area contributed by atoms with Crippen molar-refractivity contribution in [3.05, 3.63) is 63.3 Å². The molecule has 0 aliphatic carbocycles. The lowest BCUT2D eigenvalue weighted by Gasteiger charge is -2.05. The summed E-state index contributed by atoms with van der Waals surface area (Å²) in [6, 6.07) is 9.92. The number of nitrogens with one attached hydrogen (secondary N) is 1. The SMILES string of the molecule is CCc1[nH]c(=O)c(CCc2ccccc2)nc1C=C=O. The lowest BCUT2D eigenvalue weighted by molar-refractivity contribution is 0.570. The predicted molar refractivity (Wildman–Crippen MR) is 78.2 cm³/mol. The van der Waals surface area contributed by atoms with E-state index in [2.05, 4.69) is 9.97 Å². The predicted octanol–water partition coefficient (Wildman–Crippen LogP) is 1.96. The zero-order valence-electron chi connectivity index (χ0n) is 11.3. The summed E-state index contributed by atoms with van der Waals surface area (Å²) in [6.07, 6.45) is 3.17. The maximum atomic E-state index is 11.9. The molecule has 0 saturated carbocycles. The minimum atomic E-state index is -0.180. The minimum absolute atomic E-state index is 0.180. The molecule has 1 aromatic carbocycles. The molecule has 20 heavy (non-hydrogen) atoms. The Morgan fingerprint density at radius 2 is 2.00 bits per heavy atom. The van der Waals surface area contributed by atoms with Gasteiger partial charge in [0.15, 0.2) is 0 Å². The number of nitrogens with zero attached hydrogens (tertiary/aromatic N) is 1. The van der Waals surface area contributed by atoms with Crippen molar-refractivity contribution >= 4 is 12.0 Å².